The highest BCUT2D eigenvalue weighted by molar-refractivity contribution is 5.96. The minimum atomic E-state index is -0.145. The zero-order valence-corrected chi connectivity index (χ0v) is 16.3. The van der Waals surface area contributed by atoms with Crippen molar-refractivity contribution in [2.24, 2.45) is 5.92 Å². The third kappa shape index (κ3) is 4.70. The van der Waals surface area contributed by atoms with E-state index in [2.05, 4.69) is 5.32 Å². The van der Waals surface area contributed by atoms with Crippen LogP contribution in [0.4, 0.5) is 11.4 Å². The lowest BCUT2D eigenvalue weighted by Crippen LogP contribution is -2.43. The van der Waals surface area contributed by atoms with Gasteiger partial charge in [0.15, 0.2) is 0 Å². The Kier molecular flexibility index (Phi) is 7.33. The van der Waals surface area contributed by atoms with E-state index in [0.29, 0.717) is 6.42 Å². The van der Waals surface area contributed by atoms with Crippen LogP contribution < -0.4 is 16.0 Å². The molecule has 1 aliphatic carbocycles. The Balaban J connectivity index is 0.00000243. The number of nitrogens with two attached hydrogens (primary N) is 1. The summed E-state index contributed by atoms with van der Waals surface area (Å²) in [4.78, 5) is 27.0. The normalized spacial score (nSPS) is 18.4. The van der Waals surface area contributed by atoms with Crippen LogP contribution >= 0.6 is 12.4 Å². The van der Waals surface area contributed by atoms with E-state index >= 15 is 0 Å². The molecule has 0 saturated heterocycles. The molecule has 1 aromatic carbocycles. The summed E-state index contributed by atoms with van der Waals surface area (Å²) >= 11 is 0. The van der Waals surface area contributed by atoms with Crippen LogP contribution in [0.25, 0.3) is 0 Å². The molecule has 1 fully saturated rings. The molecule has 0 bridgehead atoms. The zero-order chi connectivity index (χ0) is 17.8. The first-order valence-corrected chi connectivity index (χ1v) is 9.54. The van der Waals surface area contributed by atoms with Gasteiger partial charge in [0.2, 0.25) is 11.8 Å². The Hall–Kier alpha value is -1.75. The van der Waals surface area contributed by atoms with E-state index in [9.17, 15) is 9.59 Å². The second-order valence-corrected chi connectivity index (χ2v) is 7.44. The number of halogens is 1. The van der Waals surface area contributed by atoms with Crippen molar-refractivity contribution in [2.45, 2.75) is 64.3 Å². The smallest absolute Gasteiger partial charge is 0.229 e. The predicted molar refractivity (Wildman–Crippen MR) is 108 cm³/mol. The summed E-state index contributed by atoms with van der Waals surface area (Å²) in [6.45, 7) is 2.64. The molecule has 0 aromatic heterocycles. The summed E-state index contributed by atoms with van der Waals surface area (Å²) in [6, 6.07) is 5.61. The Morgan fingerprint density at radius 2 is 1.96 bits per heavy atom. The molecule has 1 heterocycles. The number of hydrogen-bond donors (Lipinski definition) is 2. The molecule has 3 rings (SSSR count). The van der Waals surface area contributed by atoms with Crippen molar-refractivity contribution in [3.05, 3.63) is 23.8 Å². The van der Waals surface area contributed by atoms with E-state index in [-0.39, 0.29) is 36.2 Å². The van der Waals surface area contributed by atoms with Gasteiger partial charge in [-0.05, 0) is 50.3 Å². The van der Waals surface area contributed by atoms with Gasteiger partial charge in [-0.1, -0.05) is 25.3 Å². The molecule has 6 heteroatoms. The van der Waals surface area contributed by atoms with Crippen LogP contribution in [0.3, 0.4) is 0 Å². The van der Waals surface area contributed by atoms with Crippen molar-refractivity contribution < 1.29 is 9.59 Å². The van der Waals surface area contributed by atoms with E-state index in [1.54, 1.807) is 0 Å². The molecule has 1 aliphatic heterocycles. The van der Waals surface area contributed by atoms with Crippen molar-refractivity contribution in [2.75, 3.05) is 17.2 Å². The van der Waals surface area contributed by atoms with Crippen molar-refractivity contribution >= 4 is 35.6 Å². The SMILES string of the molecule is CC(CC(=O)N1CCCc2c(N)cccc21)NC(=O)C1CCCCC1.Cl. The van der Waals surface area contributed by atoms with Gasteiger partial charge in [-0.15, -0.1) is 12.4 Å². The number of nitrogens with zero attached hydrogens (tertiary/aromatic N) is 1. The number of carbonyl (C=O) groups excluding carboxylic acids is 2. The van der Waals surface area contributed by atoms with Gasteiger partial charge in [0.05, 0.1) is 0 Å². The molecule has 5 nitrogen and oxygen atoms in total. The van der Waals surface area contributed by atoms with Crippen molar-refractivity contribution in [1.82, 2.24) is 5.32 Å². The number of amides is 2. The molecular formula is C20H30ClN3O2. The quantitative estimate of drug-likeness (QED) is 0.787. The average molecular weight is 380 g/mol. The Morgan fingerprint density at radius 1 is 1.23 bits per heavy atom. The molecular weight excluding hydrogens is 350 g/mol. The van der Waals surface area contributed by atoms with Gasteiger partial charge >= 0.3 is 0 Å². The first kappa shape index (κ1) is 20.6. The summed E-state index contributed by atoms with van der Waals surface area (Å²) in [6.07, 6.45) is 7.63. The summed E-state index contributed by atoms with van der Waals surface area (Å²) < 4.78 is 0. The maximum Gasteiger partial charge on any atom is 0.229 e. The summed E-state index contributed by atoms with van der Waals surface area (Å²) in [5.74, 6) is 0.299. The second kappa shape index (κ2) is 9.26. The van der Waals surface area contributed by atoms with Crippen LogP contribution in [0.1, 0.15) is 57.4 Å². The highest BCUT2D eigenvalue weighted by atomic mass is 35.5. The topological polar surface area (TPSA) is 75.4 Å². The Labute approximate surface area is 162 Å². The molecule has 3 N–H and O–H groups in total. The zero-order valence-electron chi connectivity index (χ0n) is 15.5. The van der Waals surface area contributed by atoms with Crippen LogP contribution in [0.5, 0.6) is 0 Å². The van der Waals surface area contributed by atoms with Crippen molar-refractivity contribution in [3.63, 3.8) is 0 Å². The fraction of sp³-hybridized carbons (Fsp3) is 0.600. The van der Waals surface area contributed by atoms with Gasteiger partial charge in [0.25, 0.3) is 0 Å². The molecule has 1 atom stereocenters. The molecule has 0 spiro atoms. The molecule has 2 amide bonds. The predicted octanol–water partition coefficient (Wildman–Crippen LogP) is 3.44. The van der Waals surface area contributed by atoms with Crippen LogP contribution in [0.15, 0.2) is 18.2 Å². The van der Waals surface area contributed by atoms with Crippen LogP contribution in [-0.2, 0) is 16.0 Å². The molecule has 1 aromatic rings. The van der Waals surface area contributed by atoms with E-state index in [1.807, 2.05) is 30.0 Å². The summed E-state index contributed by atoms with van der Waals surface area (Å²) in [7, 11) is 0. The fourth-order valence-electron chi connectivity index (χ4n) is 4.06. The number of benzene rings is 1. The number of carbonyl (C=O) groups is 2. The molecule has 144 valence electrons. The van der Waals surface area contributed by atoms with Gasteiger partial charge in [-0.2, -0.15) is 0 Å². The Morgan fingerprint density at radius 3 is 2.69 bits per heavy atom. The van der Waals surface area contributed by atoms with E-state index < -0.39 is 0 Å². The average Bonchev–Trinajstić information content (AvgIpc) is 2.62. The first-order valence-electron chi connectivity index (χ1n) is 9.54. The number of fused-ring (bicyclic) bond motifs is 1. The van der Waals surface area contributed by atoms with Crippen molar-refractivity contribution in [1.29, 1.82) is 0 Å². The summed E-state index contributed by atoms with van der Waals surface area (Å²) in [5, 5.41) is 3.04. The van der Waals surface area contributed by atoms with Gasteiger partial charge in [0.1, 0.15) is 0 Å². The number of anilines is 2. The maximum absolute atomic E-state index is 12.8. The monoisotopic (exact) mass is 379 g/mol. The number of nitrogens with one attached hydrogen (secondary N) is 1. The number of rotatable bonds is 4. The highest BCUT2D eigenvalue weighted by Gasteiger charge is 2.27. The van der Waals surface area contributed by atoms with Crippen molar-refractivity contribution in [3.8, 4) is 0 Å². The van der Waals surface area contributed by atoms with E-state index in [1.165, 1.54) is 6.42 Å². The van der Waals surface area contributed by atoms with E-state index in [4.69, 9.17) is 5.73 Å². The highest BCUT2D eigenvalue weighted by Crippen LogP contribution is 2.31. The molecule has 2 aliphatic rings. The largest absolute Gasteiger partial charge is 0.398 e. The van der Waals surface area contributed by atoms with Crippen LogP contribution in [-0.4, -0.2) is 24.4 Å². The van der Waals surface area contributed by atoms with E-state index in [0.717, 1.165) is 62.0 Å². The lowest BCUT2D eigenvalue weighted by molar-refractivity contribution is -0.126. The van der Waals surface area contributed by atoms with Crippen LogP contribution in [0.2, 0.25) is 0 Å². The van der Waals surface area contributed by atoms with Gasteiger partial charge in [0, 0.05) is 36.3 Å². The summed E-state index contributed by atoms with van der Waals surface area (Å²) in [5.41, 5.74) is 8.82. The maximum atomic E-state index is 12.8. The Bertz CT molecular complexity index is 644. The third-order valence-electron chi connectivity index (χ3n) is 5.43. The lowest BCUT2D eigenvalue weighted by atomic mass is 9.88. The van der Waals surface area contributed by atoms with Gasteiger partial charge < -0.3 is 16.0 Å². The fourth-order valence-corrected chi connectivity index (χ4v) is 4.06. The minimum absolute atomic E-state index is 0. The molecule has 1 saturated carbocycles. The number of nitrogen functional groups attached to an aromatic ring is 1. The van der Waals surface area contributed by atoms with Crippen LogP contribution in [0, 0.1) is 5.92 Å². The van der Waals surface area contributed by atoms with Gasteiger partial charge in [-0.25, -0.2) is 0 Å². The molecule has 1 unspecified atom stereocenters. The number of hydrogen-bond acceptors (Lipinski definition) is 3. The first-order chi connectivity index (χ1) is 12.1. The minimum Gasteiger partial charge on any atom is -0.398 e. The molecule has 26 heavy (non-hydrogen) atoms. The lowest BCUT2D eigenvalue weighted by Gasteiger charge is -2.31. The third-order valence-corrected chi connectivity index (χ3v) is 5.43. The second-order valence-electron chi connectivity index (χ2n) is 7.44. The molecule has 0 radical (unpaired) electrons. The van der Waals surface area contributed by atoms with Gasteiger partial charge in [-0.3, -0.25) is 9.59 Å². The standard InChI is InChI=1S/C20H29N3O2.ClH/c1-14(22-20(25)15-7-3-2-4-8-15)13-19(24)23-12-6-9-16-17(21)10-5-11-18(16)23;/h5,10-11,14-15H,2-4,6-9,12-13,21H2,1H3,(H,22,25);1H.